The van der Waals surface area contributed by atoms with E-state index in [0.717, 1.165) is 14.4 Å². The van der Waals surface area contributed by atoms with Crippen molar-refractivity contribution in [2.24, 2.45) is 5.73 Å². The van der Waals surface area contributed by atoms with Crippen LogP contribution >= 0.6 is 46.5 Å². The molecule has 0 aliphatic rings. The van der Waals surface area contributed by atoms with Gasteiger partial charge in [-0.2, -0.15) is 0 Å². The summed E-state index contributed by atoms with van der Waals surface area (Å²) in [6.07, 6.45) is 1.82. The van der Waals surface area contributed by atoms with E-state index < -0.39 is 0 Å². The highest BCUT2D eigenvalue weighted by Crippen LogP contribution is 2.28. The van der Waals surface area contributed by atoms with E-state index in [1.807, 2.05) is 6.08 Å². The number of nitrogens with two attached hydrogens (primary N) is 1. The van der Waals surface area contributed by atoms with E-state index in [0.29, 0.717) is 0 Å². The van der Waals surface area contributed by atoms with Crippen LogP contribution in [0.3, 0.4) is 0 Å². The first-order valence-corrected chi connectivity index (χ1v) is 7.07. The number of halogens is 1. The number of amides is 1. The van der Waals surface area contributed by atoms with Gasteiger partial charge in [0.1, 0.15) is 0 Å². The Balaban J connectivity index is 2.38. The molecule has 0 aliphatic heterocycles. The summed E-state index contributed by atoms with van der Waals surface area (Å²) >= 11 is 9.67. The van der Waals surface area contributed by atoms with Crippen LogP contribution in [0.15, 0.2) is 20.3 Å². The van der Waals surface area contributed by atoms with Crippen molar-refractivity contribution < 1.29 is 4.79 Å². The summed E-state index contributed by atoms with van der Waals surface area (Å²) in [5, 5.41) is 7.86. The summed E-state index contributed by atoms with van der Waals surface area (Å²) in [6.45, 7) is 0. The fourth-order valence-electron chi connectivity index (χ4n) is 0.602. The van der Waals surface area contributed by atoms with E-state index in [1.54, 1.807) is 11.8 Å². The lowest BCUT2D eigenvalue weighted by Gasteiger charge is -1.89. The van der Waals surface area contributed by atoms with E-state index in [-0.39, 0.29) is 11.7 Å². The fourth-order valence-corrected chi connectivity index (χ4v) is 3.39. The van der Waals surface area contributed by atoms with Crippen LogP contribution in [0.5, 0.6) is 0 Å². The summed E-state index contributed by atoms with van der Waals surface area (Å²) < 4.78 is 1.61. The second-order valence-electron chi connectivity index (χ2n) is 2.26. The highest BCUT2D eigenvalue weighted by atomic mass is 35.5. The minimum Gasteiger partial charge on any atom is -0.369 e. The molecule has 4 nitrogen and oxygen atoms in total. The van der Waals surface area contributed by atoms with Crippen LogP contribution in [0.2, 0.25) is 0 Å². The van der Waals surface area contributed by atoms with Crippen LogP contribution < -0.4 is 5.73 Å². The summed E-state index contributed by atoms with van der Waals surface area (Å²) in [5.41, 5.74) is 6.48. The van der Waals surface area contributed by atoms with Gasteiger partial charge in [0.25, 0.3) is 0 Å². The average Bonchev–Trinajstić information content (AvgIpc) is 2.63. The third-order valence-electron chi connectivity index (χ3n) is 1.12. The minimum atomic E-state index is -0.352. The molecule has 0 aliphatic carbocycles. The van der Waals surface area contributed by atoms with Crippen molar-refractivity contribution in [3.05, 3.63) is 11.6 Å². The molecule has 8 heteroatoms. The van der Waals surface area contributed by atoms with Gasteiger partial charge in [-0.05, 0) is 0 Å². The highest BCUT2D eigenvalue weighted by molar-refractivity contribution is 8.03. The number of hydrogen-bond donors (Lipinski definition) is 1. The third-order valence-corrected chi connectivity index (χ3v) is 4.46. The van der Waals surface area contributed by atoms with Crippen LogP contribution in [0.4, 0.5) is 0 Å². The Morgan fingerprint density at radius 2 is 2.13 bits per heavy atom. The Morgan fingerprint density at radius 1 is 1.47 bits per heavy atom. The molecule has 1 aromatic heterocycles. The van der Waals surface area contributed by atoms with Crippen LogP contribution in [-0.2, 0) is 4.79 Å². The van der Waals surface area contributed by atoms with Crippen LogP contribution in [-0.4, -0.2) is 27.6 Å². The molecule has 1 amide bonds. The number of thioether (sulfide) groups is 2. The number of primary amides is 1. The molecule has 0 bridgehead atoms. The first-order chi connectivity index (χ1) is 7.22. The molecule has 1 rings (SSSR count). The van der Waals surface area contributed by atoms with Crippen molar-refractivity contribution in [1.82, 2.24) is 10.2 Å². The van der Waals surface area contributed by atoms with Crippen LogP contribution in [0, 0.1) is 0 Å². The van der Waals surface area contributed by atoms with E-state index in [9.17, 15) is 4.79 Å². The Hall–Kier alpha value is -0.240. The molecule has 1 heterocycles. The molecule has 0 fully saturated rings. The van der Waals surface area contributed by atoms with Crippen molar-refractivity contribution in [3.63, 3.8) is 0 Å². The maximum absolute atomic E-state index is 10.5. The molecule has 15 heavy (non-hydrogen) atoms. The molecule has 0 saturated heterocycles. The molecule has 0 spiro atoms. The van der Waals surface area contributed by atoms with E-state index in [4.69, 9.17) is 17.3 Å². The first-order valence-electron chi connectivity index (χ1n) is 3.85. The van der Waals surface area contributed by atoms with Gasteiger partial charge in [0.2, 0.25) is 5.91 Å². The lowest BCUT2D eigenvalue weighted by atomic mass is 10.8. The van der Waals surface area contributed by atoms with Gasteiger partial charge in [-0.1, -0.05) is 52.5 Å². The molecule has 0 saturated carbocycles. The molecule has 0 aromatic carbocycles. The topological polar surface area (TPSA) is 68.9 Å². The normalized spacial score (nSPS) is 11.0. The van der Waals surface area contributed by atoms with Crippen molar-refractivity contribution in [2.75, 3.05) is 11.5 Å². The zero-order valence-electron chi connectivity index (χ0n) is 7.55. The van der Waals surface area contributed by atoms with Crippen molar-refractivity contribution in [1.29, 1.82) is 0 Å². The number of nitrogens with zero attached hydrogens (tertiary/aromatic N) is 2. The fraction of sp³-hybridized carbons (Fsp3) is 0.286. The van der Waals surface area contributed by atoms with Gasteiger partial charge in [0, 0.05) is 11.3 Å². The monoisotopic (exact) mass is 281 g/mol. The van der Waals surface area contributed by atoms with Gasteiger partial charge >= 0.3 is 0 Å². The molecule has 82 valence electrons. The van der Waals surface area contributed by atoms with Gasteiger partial charge in [-0.25, -0.2) is 0 Å². The molecule has 1 aromatic rings. The standard InChI is InChI=1S/C7H8ClN3OS3/c8-2-1-3-13-6-10-11-7(15-6)14-4-5(9)12/h1-2H,3-4H2,(H2,9,12)/b2-1+. The average molecular weight is 282 g/mol. The first kappa shape index (κ1) is 12.8. The number of hydrogen-bond acceptors (Lipinski definition) is 6. The number of carbonyl (C=O) groups is 1. The van der Waals surface area contributed by atoms with Crippen LogP contribution in [0.25, 0.3) is 0 Å². The van der Waals surface area contributed by atoms with Gasteiger partial charge in [0.15, 0.2) is 8.68 Å². The van der Waals surface area contributed by atoms with Crippen molar-refractivity contribution >= 4 is 52.4 Å². The maximum atomic E-state index is 10.5. The quantitative estimate of drug-likeness (QED) is 0.807. The van der Waals surface area contributed by atoms with Gasteiger partial charge < -0.3 is 5.73 Å². The van der Waals surface area contributed by atoms with Crippen molar-refractivity contribution in [2.45, 2.75) is 8.68 Å². The molecule has 0 atom stereocenters. The maximum Gasteiger partial charge on any atom is 0.227 e. The molecule has 0 unspecified atom stereocenters. The molecular weight excluding hydrogens is 274 g/mol. The summed E-state index contributed by atoms with van der Waals surface area (Å²) in [5.74, 6) is 0.647. The van der Waals surface area contributed by atoms with Crippen LogP contribution in [0.1, 0.15) is 0 Å². The van der Waals surface area contributed by atoms with Gasteiger partial charge in [-0.3, -0.25) is 4.79 Å². The van der Waals surface area contributed by atoms with Gasteiger partial charge in [-0.15, -0.1) is 10.2 Å². The molecule has 0 radical (unpaired) electrons. The zero-order chi connectivity index (χ0) is 11.1. The molecular formula is C7H8ClN3OS3. The Bertz CT molecular complexity index is 355. The minimum absolute atomic E-state index is 0.237. The lowest BCUT2D eigenvalue weighted by molar-refractivity contribution is -0.115. The number of rotatable bonds is 6. The Morgan fingerprint density at radius 3 is 2.73 bits per heavy atom. The van der Waals surface area contributed by atoms with E-state index >= 15 is 0 Å². The zero-order valence-corrected chi connectivity index (χ0v) is 10.8. The Labute approximate surface area is 105 Å². The predicted molar refractivity (Wildman–Crippen MR) is 65.5 cm³/mol. The third kappa shape index (κ3) is 5.41. The van der Waals surface area contributed by atoms with E-state index in [1.165, 1.54) is 28.6 Å². The highest BCUT2D eigenvalue weighted by Gasteiger charge is 2.05. The SMILES string of the molecule is NC(=O)CSc1nnc(SC/C=C/Cl)s1. The van der Waals surface area contributed by atoms with Gasteiger partial charge in [0.05, 0.1) is 5.75 Å². The predicted octanol–water partition coefficient (Wildman–Crippen LogP) is 1.96. The largest absolute Gasteiger partial charge is 0.369 e. The second kappa shape index (κ2) is 7.10. The van der Waals surface area contributed by atoms with Crippen molar-refractivity contribution in [3.8, 4) is 0 Å². The summed E-state index contributed by atoms with van der Waals surface area (Å²) in [6, 6.07) is 0. The Kier molecular flexibility index (Phi) is 6.07. The summed E-state index contributed by atoms with van der Waals surface area (Å²) in [7, 11) is 0. The lowest BCUT2D eigenvalue weighted by Crippen LogP contribution is -2.12. The van der Waals surface area contributed by atoms with E-state index in [2.05, 4.69) is 10.2 Å². The number of aromatic nitrogens is 2. The summed E-state index contributed by atoms with van der Waals surface area (Å²) in [4.78, 5) is 10.5. The second-order valence-corrected chi connectivity index (χ2v) is 5.98. The molecule has 2 N–H and O–H groups in total. The smallest absolute Gasteiger partial charge is 0.227 e. The number of carbonyl (C=O) groups excluding carboxylic acids is 1.